The Morgan fingerprint density at radius 1 is 1.24 bits per heavy atom. The molecule has 110 valence electrons. The highest BCUT2D eigenvalue weighted by molar-refractivity contribution is 5.48. The van der Waals surface area contributed by atoms with E-state index in [2.05, 4.69) is 4.98 Å². The van der Waals surface area contributed by atoms with Crippen LogP contribution in [0.1, 0.15) is 5.56 Å². The lowest BCUT2D eigenvalue weighted by molar-refractivity contribution is -0.386. The molecular formula is C14H15N3O4. The summed E-state index contributed by atoms with van der Waals surface area (Å²) in [5, 5.41) is 10.9. The van der Waals surface area contributed by atoms with Gasteiger partial charge in [0.05, 0.1) is 11.5 Å². The first-order valence-electron chi connectivity index (χ1n) is 6.27. The second-order valence-corrected chi connectivity index (χ2v) is 4.31. The smallest absolute Gasteiger partial charge is 0.331 e. The van der Waals surface area contributed by atoms with Gasteiger partial charge in [0.25, 0.3) is 0 Å². The molecule has 0 aliphatic carbocycles. The van der Waals surface area contributed by atoms with Gasteiger partial charge in [0.2, 0.25) is 0 Å². The van der Waals surface area contributed by atoms with Gasteiger partial charge in [0.15, 0.2) is 0 Å². The summed E-state index contributed by atoms with van der Waals surface area (Å²) >= 11 is 0. The third-order valence-corrected chi connectivity index (χ3v) is 2.79. The highest BCUT2D eigenvalue weighted by atomic mass is 16.6. The summed E-state index contributed by atoms with van der Waals surface area (Å²) in [6.45, 7) is 0.627. The van der Waals surface area contributed by atoms with Crippen molar-refractivity contribution in [1.29, 1.82) is 0 Å². The van der Waals surface area contributed by atoms with E-state index in [1.54, 1.807) is 19.2 Å². The molecule has 0 radical (unpaired) electrons. The standard InChI is InChI=1S/C14H15N3O4/c1-20-9-8-10-2-4-11(5-3-10)21-14-12(17(18)19)6-7-13(15)16-14/h2-7H,8-9H2,1H3,(H2,15,16). The van der Waals surface area contributed by atoms with Gasteiger partial charge < -0.3 is 15.2 Å². The summed E-state index contributed by atoms with van der Waals surface area (Å²) < 4.78 is 10.4. The summed E-state index contributed by atoms with van der Waals surface area (Å²) in [6.07, 6.45) is 0.785. The number of nitrogen functional groups attached to an aromatic ring is 1. The Morgan fingerprint density at radius 3 is 2.57 bits per heavy atom. The maximum Gasteiger partial charge on any atom is 0.331 e. The van der Waals surface area contributed by atoms with Crippen LogP contribution < -0.4 is 10.5 Å². The summed E-state index contributed by atoms with van der Waals surface area (Å²) in [5.74, 6) is 0.495. The van der Waals surface area contributed by atoms with Crippen LogP contribution in [0.5, 0.6) is 11.6 Å². The SMILES string of the molecule is COCCc1ccc(Oc2nc(N)ccc2[N+](=O)[O-])cc1. The van der Waals surface area contributed by atoms with Gasteiger partial charge in [-0.05, 0) is 30.2 Å². The van der Waals surface area contributed by atoms with Gasteiger partial charge in [-0.3, -0.25) is 10.1 Å². The normalized spacial score (nSPS) is 10.3. The van der Waals surface area contributed by atoms with Crippen LogP contribution in [-0.4, -0.2) is 23.6 Å². The molecule has 0 fully saturated rings. The number of anilines is 1. The van der Waals surface area contributed by atoms with Crippen molar-refractivity contribution < 1.29 is 14.4 Å². The fourth-order valence-corrected chi connectivity index (χ4v) is 1.72. The third kappa shape index (κ3) is 3.90. The second kappa shape index (κ2) is 6.67. The van der Waals surface area contributed by atoms with E-state index in [0.717, 1.165) is 12.0 Å². The van der Waals surface area contributed by atoms with E-state index in [9.17, 15) is 10.1 Å². The molecule has 2 aromatic rings. The first-order chi connectivity index (χ1) is 10.1. The molecule has 21 heavy (non-hydrogen) atoms. The number of benzene rings is 1. The van der Waals surface area contributed by atoms with Gasteiger partial charge in [-0.1, -0.05) is 12.1 Å². The van der Waals surface area contributed by atoms with Crippen LogP contribution in [0.15, 0.2) is 36.4 Å². The maximum atomic E-state index is 10.9. The molecule has 7 nitrogen and oxygen atoms in total. The summed E-state index contributed by atoms with van der Waals surface area (Å²) in [5.41, 5.74) is 6.39. The van der Waals surface area contributed by atoms with Crippen molar-refractivity contribution in [3.05, 3.63) is 52.1 Å². The molecule has 2 rings (SSSR count). The van der Waals surface area contributed by atoms with Gasteiger partial charge in [0, 0.05) is 13.2 Å². The minimum Gasteiger partial charge on any atom is -0.434 e. The molecule has 0 saturated heterocycles. The molecule has 0 spiro atoms. The fraction of sp³-hybridized carbons (Fsp3) is 0.214. The number of hydrogen-bond donors (Lipinski definition) is 1. The zero-order valence-corrected chi connectivity index (χ0v) is 11.5. The van der Waals surface area contributed by atoms with Crippen LogP contribution in [0.3, 0.4) is 0 Å². The summed E-state index contributed by atoms with van der Waals surface area (Å²) in [6, 6.07) is 9.81. The van der Waals surface area contributed by atoms with E-state index < -0.39 is 4.92 Å². The van der Waals surface area contributed by atoms with Crippen LogP contribution in [0, 0.1) is 10.1 Å². The maximum absolute atomic E-state index is 10.9. The lowest BCUT2D eigenvalue weighted by atomic mass is 10.1. The number of ether oxygens (including phenoxy) is 2. The van der Waals surface area contributed by atoms with Crippen LogP contribution in [-0.2, 0) is 11.2 Å². The largest absolute Gasteiger partial charge is 0.434 e. The van der Waals surface area contributed by atoms with Crippen molar-refractivity contribution in [3.63, 3.8) is 0 Å². The van der Waals surface area contributed by atoms with Crippen LogP contribution >= 0.6 is 0 Å². The van der Waals surface area contributed by atoms with Gasteiger partial charge in [0.1, 0.15) is 11.6 Å². The van der Waals surface area contributed by atoms with Crippen molar-refractivity contribution in [2.24, 2.45) is 0 Å². The zero-order chi connectivity index (χ0) is 15.2. The lowest BCUT2D eigenvalue weighted by Gasteiger charge is -2.07. The first-order valence-corrected chi connectivity index (χ1v) is 6.27. The quantitative estimate of drug-likeness (QED) is 0.648. The second-order valence-electron chi connectivity index (χ2n) is 4.31. The predicted molar refractivity (Wildman–Crippen MR) is 77.4 cm³/mol. The number of hydrogen-bond acceptors (Lipinski definition) is 6. The molecule has 0 aliphatic rings. The Hall–Kier alpha value is -2.67. The molecule has 1 aromatic carbocycles. The Labute approximate surface area is 121 Å². The van der Waals surface area contributed by atoms with E-state index in [0.29, 0.717) is 12.4 Å². The zero-order valence-electron chi connectivity index (χ0n) is 11.5. The highest BCUT2D eigenvalue weighted by Crippen LogP contribution is 2.30. The van der Waals surface area contributed by atoms with Gasteiger partial charge in [-0.15, -0.1) is 0 Å². The Bertz CT molecular complexity index is 629. The highest BCUT2D eigenvalue weighted by Gasteiger charge is 2.17. The van der Waals surface area contributed by atoms with Gasteiger partial charge in [-0.25, -0.2) is 0 Å². The number of methoxy groups -OCH3 is 1. The van der Waals surface area contributed by atoms with Crippen molar-refractivity contribution in [2.45, 2.75) is 6.42 Å². The molecule has 0 aliphatic heterocycles. The fourth-order valence-electron chi connectivity index (χ4n) is 1.72. The number of aromatic nitrogens is 1. The predicted octanol–water partition coefficient (Wildman–Crippen LogP) is 2.55. The molecule has 0 unspecified atom stereocenters. The van der Waals surface area contributed by atoms with Crippen LogP contribution in [0.25, 0.3) is 0 Å². The third-order valence-electron chi connectivity index (χ3n) is 2.79. The molecule has 1 aromatic heterocycles. The van der Waals surface area contributed by atoms with Gasteiger partial charge >= 0.3 is 11.6 Å². The van der Waals surface area contributed by atoms with Crippen LogP contribution in [0.2, 0.25) is 0 Å². The number of nitro groups is 1. The van der Waals surface area contributed by atoms with Crippen LogP contribution in [0.4, 0.5) is 11.5 Å². The summed E-state index contributed by atoms with van der Waals surface area (Å²) in [7, 11) is 1.64. The topological polar surface area (TPSA) is 101 Å². The molecule has 0 amide bonds. The Morgan fingerprint density at radius 2 is 1.95 bits per heavy atom. The Kier molecular flexibility index (Phi) is 4.68. The molecule has 0 bridgehead atoms. The molecule has 0 saturated carbocycles. The number of rotatable bonds is 6. The van der Waals surface area contributed by atoms with Gasteiger partial charge in [-0.2, -0.15) is 4.98 Å². The van der Waals surface area contributed by atoms with E-state index in [-0.39, 0.29) is 17.4 Å². The molecule has 7 heteroatoms. The van der Waals surface area contributed by atoms with E-state index >= 15 is 0 Å². The van der Waals surface area contributed by atoms with E-state index in [1.807, 2.05) is 12.1 Å². The van der Waals surface area contributed by atoms with E-state index in [1.165, 1.54) is 12.1 Å². The average molecular weight is 289 g/mol. The average Bonchev–Trinajstić information content (AvgIpc) is 2.46. The number of nitrogens with two attached hydrogens (primary N) is 1. The summed E-state index contributed by atoms with van der Waals surface area (Å²) in [4.78, 5) is 14.2. The first kappa shape index (κ1) is 14.7. The Balaban J connectivity index is 2.18. The molecule has 1 heterocycles. The van der Waals surface area contributed by atoms with Crippen molar-refractivity contribution >= 4 is 11.5 Å². The van der Waals surface area contributed by atoms with Crippen molar-refractivity contribution in [1.82, 2.24) is 4.98 Å². The molecular weight excluding hydrogens is 274 g/mol. The molecule has 2 N–H and O–H groups in total. The minimum absolute atomic E-state index is 0.121. The van der Waals surface area contributed by atoms with Crippen molar-refractivity contribution in [2.75, 3.05) is 19.5 Å². The van der Waals surface area contributed by atoms with Crippen molar-refractivity contribution in [3.8, 4) is 11.6 Å². The number of nitrogens with zero attached hydrogens (tertiary/aromatic N) is 2. The lowest BCUT2D eigenvalue weighted by Crippen LogP contribution is -1.99. The monoisotopic (exact) mass is 289 g/mol. The molecule has 0 atom stereocenters. The minimum atomic E-state index is -0.561. The number of pyridine rings is 1. The van der Waals surface area contributed by atoms with E-state index in [4.69, 9.17) is 15.2 Å².